The molecule has 0 aliphatic carbocycles. The summed E-state index contributed by atoms with van der Waals surface area (Å²) in [6.07, 6.45) is 0. The number of rotatable bonds is 5. The van der Waals surface area contributed by atoms with Gasteiger partial charge in [0, 0.05) is 10.6 Å². The molecule has 0 bridgehead atoms. The van der Waals surface area contributed by atoms with E-state index in [0.29, 0.717) is 11.3 Å². The molecule has 0 spiro atoms. The van der Waals surface area contributed by atoms with Crippen LogP contribution in [0.25, 0.3) is 5.57 Å². The second-order valence-electron chi connectivity index (χ2n) is 7.35. The second-order valence-corrected chi connectivity index (χ2v) is 8.30. The molecule has 4 nitrogen and oxygen atoms in total. The molecule has 2 amide bonds. The van der Waals surface area contributed by atoms with Crippen LogP contribution in [0.2, 0.25) is 0 Å². The smallest absolute Gasteiger partial charge is 0.278 e. The van der Waals surface area contributed by atoms with Crippen molar-refractivity contribution < 1.29 is 9.59 Å². The summed E-state index contributed by atoms with van der Waals surface area (Å²) in [4.78, 5) is 28.6. The Balaban J connectivity index is 1.71. The Kier molecular flexibility index (Phi) is 5.07. The lowest BCUT2D eigenvalue weighted by Gasteiger charge is -2.16. The van der Waals surface area contributed by atoms with Crippen molar-refractivity contribution in [2.45, 2.75) is 27.3 Å². The Bertz CT molecular complexity index is 1110. The van der Waals surface area contributed by atoms with Crippen molar-refractivity contribution >= 4 is 34.4 Å². The van der Waals surface area contributed by atoms with Gasteiger partial charge < -0.3 is 5.32 Å². The third kappa shape index (κ3) is 3.74. The molecule has 1 N–H and O–H groups in total. The molecule has 0 radical (unpaired) electrons. The van der Waals surface area contributed by atoms with Crippen LogP contribution in [-0.2, 0) is 16.1 Å². The molecule has 0 saturated heterocycles. The third-order valence-corrected chi connectivity index (χ3v) is 5.93. The first kappa shape index (κ1) is 19.2. The van der Waals surface area contributed by atoms with Gasteiger partial charge in [0.15, 0.2) is 0 Å². The first-order valence-corrected chi connectivity index (χ1v) is 10.4. The van der Waals surface area contributed by atoms with Gasteiger partial charge in [-0.3, -0.25) is 14.5 Å². The van der Waals surface area contributed by atoms with Gasteiger partial charge in [0.05, 0.1) is 12.1 Å². The molecule has 0 atom stereocenters. The molecule has 1 aliphatic rings. The van der Waals surface area contributed by atoms with Crippen molar-refractivity contribution in [2.24, 2.45) is 0 Å². The highest BCUT2D eigenvalue weighted by atomic mass is 32.1. The van der Waals surface area contributed by atoms with Crippen LogP contribution in [0.5, 0.6) is 0 Å². The average molecular weight is 403 g/mol. The first-order valence-electron chi connectivity index (χ1n) is 9.48. The van der Waals surface area contributed by atoms with Gasteiger partial charge in [-0.15, -0.1) is 11.3 Å². The molecule has 0 saturated carbocycles. The summed E-state index contributed by atoms with van der Waals surface area (Å²) in [5.41, 5.74) is 5.86. The van der Waals surface area contributed by atoms with Gasteiger partial charge in [-0.05, 0) is 49.4 Å². The van der Waals surface area contributed by atoms with E-state index in [2.05, 4.69) is 11.4 Å². The number of aryl methyl sites for hydroxylation is 3. The van der Waals surface area contributed by atoms with Crippen LogP contribution in [0, 0.1) is 20.8 Å². The maximum absolute atomic E-state index is 13.3. The molecular weight excluding hydrogens is 380 g/mol. The average Bonchev–Trinajstić information content (AvgIpc) is 3.29. The third-order valence-electron chi connectivity index (χ3n) is 5.04. The normalized spacial score (nSPS) is 14.1. The number of nitrogens with zero attached hydrogens (tertiary/aromatic N) is 1. The number of anilines is 1. The molecular formula is C24H22N2O2S. The molecule has 2 aromatic carbocycles. The van der Waals surface area contributed by atoms with Crippen LogP contribution in [0.15, 0.2) is 65.7 Å². The number of benzene rings is 2. The molecule has 29 heavy (non-hydrogen) atoms. The Morgan fingerprint density at radius 2 is 1.62 bits per heavy atom. The van der Waals surface area contributed by atoms with E-state index in [4.69, 9.17) is 0 Å². The standard InChI is InChI=1S/C24H22N2O2S/c1-15-6-9-18(10-7-15)14-26-23(27)21(20-5-4-12-29-20)22(24(26)28)25-19-11-8-16(2)13-17(19)3/h4-13,25H,14H2,1-3H3. The van der Waals surface area contributed by atoms with Gasteiger partial charge in [-0.25, -0.2) is 0 Å². The maximum Gasteiger partial charge on any atom is 0.278 e. The predicted octanol–water partition coefficient (Wildman–Crippen LogP) is 5.07. The van der Waals surface area contributed by atoms with Crippen molar-refractivity contribution in [3.05, 3.63) is 92.8 Å². The number of hydrogen-bond donors (Lipinski definition) is 1. The molecule has 0 fully saturated rings. The summed E-state index contributed by atoms with van der Waals surface area (Å²) in [6.45, 7) is 6.29. The van der Waals surface area contributed by atoms with Crippen molar-refractivity contribution in [3.8, 4) is 0 Å². The summed E-state index contributed by atoms with van der Waals surface area (Å²) >= 11 is 1.46. The topological polar surface area (TPSA) is 49.4 Å². The van der Waals surface area contributed by atoms with Crippen molar-refractivity contribution in [1.29, 1.82) is 0 Å². The molecule has 1 aliphatic heterocycles. The van der Waals surface area contributed by atoms with E-state index in [1.54, 1.807) is 0 Å². The van der Waals surface area contributed by atoms with Crippen molar-refractivity contribution in [2.75, 3.05) is 5.32 Å². The highest BCUT2D eigenvalue weighted by molar-refractivity contribution is 7.11. The largest absolute Gasteiger partial charge is 0.350 e. The van der Waals surface area contributed by atoms with E-state index in [1.165, 1.54) is 16.2 Å². The van der Waals surface area contributed by atoms with Crippen LogP contribution >= 0.6 is 11.3 Å². The van der Waals surface area contributed by atoms with E-state index in [9.17, 15) is 9.59 Å². The minimum Gasteiger partial charge on any atom is -0.350 e. The quantitative estimate of drug-likeness (QED) is 0.607. The lowest BCUT2D eigenvalue weighted by molar-refractivity contribution is -0.137. The predicted molar refractivity (Wildman–Crippen MR) is 118 cm³/mol. The number of carbonyl (C=O) groups is 2. The second kappa shape index (κ2) is 7.68. The summed E-state index contributed by atoms with van der Waals surface area (Å²) in [5, 5.41) is 5.17. The number of carbonyl (C=O) groups excluding carboxylic acids is 2. The Hall–Kier alpha value is -3.18. The number of thiophene rings is 1. The molecule has 3 aromatic rings. The monoisotopic (exact) mass is 402 g/mol. The Morgan fingerprint density at radius 3 is 2.28 bits per heavy atom. The van der Waals surface area contributed by atoms with Crippen LogP contribution < -0.4 is 5.32 Å². The first-order chi connectivity index (χ1) is 13.9. The SMILES string of the molecule is Cc1ccc(CN2C(=O)C(Nc3ccc(C)cc3C)=C(c3cccs3)C2=O)cc1. The fraction of sp³-hybridized carbons (Fsp3) is 0.167. The van der Waals surface area contributed by atoms with E-state index in [0.717, 1.165) is 32.8 Å². The number of nitrogens with one attached hydrogen (secondary N) is 1. The molecule has 1 aromatic heterocycles. The highest BCUT2D eigenvalue weighted by Gasteiger charge is 2.39. The van der Waals surface area contributed by atoms with E-state index in [-0.39, 0.29) is 18.4 Å². The molecule has 0 unspecified atom stereocenters. The summed E-state index contributed by atoms with van der Waals surface area (Å²) < 4.78 is 0. The zero-order valence-corrected chi connectivity index (χ0v) is 17.5. The van der Waals surface area contributed by atoms with Gasteiger partial charge in [0.25, 0.3) is 11.8 Å². The maximum atomic E-state index is 13.3. The highest BCUT2D eigenvalue weighted by Crippen LogP contribution is 2.34. The minimum atomic E-state index is -0.293. The Labute approximate surface area is 174 Å². The Morgan fingerprint density at radius 1 is 0.897 bits per heavy atom. The van der Waals surface area contributed by atoms with Crippen LogP contribution in [0.4, 0.5) is 5.69 Å². The van der Waals surface area contributed by atoms with Crippen LogP contribution in [-0.4, -0.2) is 16.7 Å². The van der Waals surface area contributed by atoms with Crippen LogP contribution in [0.3, 0.4) is 0 Å². The van der Waals surface area contributed by atoms with Gasteiger partial charge in [-0.2, -0.15) is 0 Å². The van der Waals surface area contributed by atoms with Crippen molar-refractivity contribution in [1.82, 2.24) is 4.90 Å². The minimum absolute atomic E-state index is 0.255. The molecule has 4 rings (SSSR count). The number of hydrogen-bond acceptors (Lipinski definition) is 4. The van der Waals surface area contributed by atoms with E-state index < -0.39 is 0 Å². The lowest BCUT2D eigenvalue weighted by atomic mass is 10.1. The fourth-order valence-electron chi connectivity index (χ4n) is 3.45. The van der Waals surface area contributed by atoms with Gasteiger partial charge >= 0.3 is 0 Å². The summed E-state index contributed by atoms with van der Waals surface area (Å²) in [5.74, 6) is -0.552. The molecule has 2 heterocycles. The molecule has 146 valence electrons. The van der Waals surface area contributed by atoms with Gasteiger partial charge in [-0.1, -0.05) is 53.6 Å². The number of amides is 2. The lowest BCUT2D eigenvalue weighted by Crippen LogP contribution is -2.32. The van der Waals surface area contributed by atoms with E-state index in [1.807, 2.05) is 74.7 Å². The van der Waals surface area contributed by atoms with Gasteiger partial charge in [0.1, 0.15) is 5.70 Å². The summed E-state index contributed by atoms with van der Waals surface area (Å²) in [7, 11) is 0. The van der Waals surface area contributed by atoms with Crippen LogP contribution in [0.1, 0.15) is 27.1 Å². The fourth-order valence-corrected chi connectivity index (χ4v) is 4.22. The zero-order chi connectivity index (χ0) is 20.5. The van der Waals surface area contributed by atoms with Gasteiger partial charge in [0.2, 0.25) is 0 Å². The zero-order valence-electron chi connectivity index (χ0n) is 16.7. The van der Waals surface area contributed by atoms with E-state index >= 15 is 0 Å². The number of imide groups is 1. The van der Waals surface area contributed by atoms with Crippen molar-refractivity contribution in [3.63, 3.8) is 0 Å². The molecule has 5 heteroatoms. The summed E-state index contributed by atoms with van der Waals surface area (Å²) in [6, 6.07) is 17.7.